The highest BCUT2D eigenvalue weighted by Crippen LogP contribution is 2.52. The first-order valence-corrected chi connectivity index (χ1v) is 10.2. The van der Waals surface area contributed by atoms with E-state index in [0.717, 1.165) is 65.1 Å². The number of morpholine rings is 1. The standard InChI is InChI=1S/C21H29N3O2/c25-20(22-16-5-6-16)24-9-7-21(8-10-24)15-19(23-11-13-26-14-12-23)17-3-1-2-4-18(17)21/h1-4,16,19H,5-15H2,(H,22,25)/t19-/m1/s1. The van der Waals surface area contributed by atoms with E-state index in [1.807, 2.05) is 4.90 Å². The molecule has 5 rings (SSSR count). The van der Waals surface area contributed by atoms with E-state index >= 15 is 0 Å². The summed E-state index contributed by atoms with van der Waals surface area (Å²) in [6, 6.07) is 10.2. The predicted octanol–water partition coefficient (Wildman–Crippen LogP) is 2.67. The Labute approximate surface area is 155 Å². The van der Waals surface area contributed by atoms with Gasteiger partial charge in [0.15, 0.2) is 0 Å². The number of fused-ring (bicyclic) bond motifs is 2. The number of carbonyl (C=O) groups excluding carboxylic acids is 1. The Balaban J connectivity index is 1.33. The zero-order valence-electron chi connectivity index (χ0n) is 15.5. The van der Waals surface area contributed by atoms with Gasteiger partial charge in [-0.25, -0.2) is 4.79 Å². The molecule has 1 spiro atoms. The van der Waals surface area contributed by atoms with Crippen molar-refractivity contribution < 1.29 is 9.53 Å². The number of hydrogen-bond acceptors (Lipinski definition) is 3. The van der Waals surface area contributed by atoms with Crippen LogP contribution in [0, 0.1) is 0 Å². The molecule has 2 amide bonds. The molecule has 5 nitrogen and oxygen atoms in total. The minimum absolute atomic E-state index is 0.151. The van der Waals surface area contributed by atoms with Crippen molar-refractivity contribution in [1.82, 2.24) is 15.1 Å². The van der Waals surface area contributed by atoms with E-state index in [-0.39, 0.29) is 11.4 Å². The Hall–Kier alpha value is -1.59. The first-order chi connectivity index (χ1) is 12.8. The Bertz CT molecular complexity index is 674. The number of piperidine rings is 1. The Kier molecular flexibility index (Phi) is 4.17. The van der Waals surface area contributed by atoms with E-state index in [1.165, 1.54) is 12.0 Å². The third kappa shape index (κ3) is 2.91. The molecule has 1 saturated carbocycles. The van der Waals surface area contributed by atoms with Crippen molar-refractivity contribution in [2.45, 2.75) is 49.6 Å². The number of benzene rings is 1. The molecule has 0 bridgehead atoms. The topological polar surface area (TPSA) is 44.8 Å². The summed E-state index contributed by atoms with van der Waals surface area (Å²) in [6.07, 6.45) is 5.67. The predicted molar refractivity (Wildman–Crippen MR) is 100 cm³/mol. The van der Waals surface area contributed by atoms with Gasteiger partial charge in [-0.05, 0) is 43.2 Å². The van der Waals surface area contributed by atoms with E-state index in [2.05, 4.69) is 34.5 Å². The molecule has 1 aromatic carbocycles. The van der Waals surface area contributed by atoms with Crippen LogP contribution in [0.2, 0.25) is 0 Å². The number of nitrogens with one attached hydrogen (secondary N) is 1. The van der Waals surface area contributed by atoms with Crippen molar-refractivity contribution in [3.8, 4) is 0 Å². The van der Waals surface area contributed by atoms with Gasteiger partial charge in [-0.15, -0.1) is 0 Å². The van der Waals surface area contributed by atoms with Gasteiger partial charge in [-0.3, -0.25) is 4.90 Å². The van der Waals surface area contributed by atoms with Crippen LogP contribution >= 0.6 is 0 Å². The number of urea groups is 1. The van der Waals surface area contributed by atoms with Gasteiger partial charge in [0.1, 0.15) is 0 Å². The largest absolute Gasteiger partial charge is 0.379 e. The van der Waals surface area contributed by atoms with Gasteiger partial charge in [-0.1, -0.05) is 24.3 Å². The van der Waals surface area contributed by atoms with Crippen LogP contribution in [-0.2, 0) is 10.2 Å². The normalized spacial score (nSPS) is 28.2. The van der Waals surface area contributed by atoms with Gasteiger partial charge in [-0.2, -0.15) is 0 Å². The van der Waals surface area contributed by atoms with Gasteiger partial charge in [0, 0.05) is 43.7 Å². The van der Waals surface area contributed by atoms with E-state index in [9.17, 15) is 4.79 Å². The average Bonchev–Trinajstić information content (AvgIpc) is 3.46. The monoisotopic (exact) mass is 355 g/mol. The van der Waals surface area contributed by atoms with Crippen LogP contribution in [0.3, 0.4) is 0 Å². The molecule has 140 valence electrons. The van der Waals surface area contributed by atoms with Crippen molar-refractivity contribution in [2.75, 3.05) is 39.4 Å². The SMILES string of the molecule is O=C(NC1CC1)N1CCC2(CC1)C[C@@H](N1CCOCC1)c1ccccc12. The molecule has 2 saturated heterocycles. The zero-order valence-corrected chi connectivity index (χ0v) is 15.5. The minimum Gasteiger partial charge on any atom is -0.379 e. The second-order valence-electron chi connectivity index (χ2n) is 8.45. The van der Waals surface area contributed by atoms with Crippen molar-refractivity contribution in [2.24, 2.45) is 0 Å². The molecule has 1 N–H and O–H groups in total. The molecule has 0 radical (unpaired) electrons. The lowest BCUT2D eigenvalue weighted by atomic mass is 9.73. The fourth-order valence-electron chi connectivity index (χ4n) is 5.18. The van der Waals surface area contributed by atoms with Crippen LogP contribution in [-0.4, -0.2) is 61.3 Å². The fourth-order valence-corrected chi connectivity index (χ4v) is 5.18. The summed E-state index contributed by atoms with van der Waals surface area (Å²) in [5, 5.41) is 3.15. The second kappa shape index (κ2) is 6.54. The number of nitrogens with zero attached hydrogens (tertiary/aromatic N) is 2. The molecule has 1 aromatic rings. The van der Waals surface area contributed by atoms with Gasteiger partial charge in [0.2, 0.25) is 0 Å². The summed E-state index contributed by atoms with van der Waals surface area (Å²) in [4.78, 5) is 17.1. The molecule has 4 aliphatic rings. The molecular formula is C21H29N3O2. The number of carbonyl (C=O) groups is 1. The van der Waals surface area contributed by atoms with E-state index in [4.69, 9.17) is 4.74 Å². The van der Waals surface area contributed by atoms with Crippen molar-refractivity contribution in [3.05, 3.63) is 35.4 Å². The van der Waals surface area contributed by atoms with Gasteiger partial charge in [0.05, 0.1) is 13.2 Å². The van der Waals surface area contributed by atoms with Crippen LogP contribution < -0.4 is 5.32 Å². The molecule has 2 aliphatic heterocycles. The zero-order chi connectivity index (χ0) is 17.6. The number of likely N-dealkylation sites (tertiary alicyclic amines) is 1. The average molecular weight is 355 g/mol. The van der Waals surface area contributed by atoms with Crippen LogP contribution in [0.4, 0.5) is 4.79 Å². The number of amides is 2. The van der Waals surface area contributed by atoms with Gasteiger partial charge < -0.3 is 15.0 Å². The van der Waals surface area contributed by atoms with Crippen LogP contribution in [0.15, 0.2) is 24.3 Å². The number of rotatable bonds is 2. The first-order valence-electron chi connectivity index (χ1n) is 10.2. The highest BCUT2D eigenvalue weighted by atomic mass is 16.5. The van der Waals surface area contributed by atoms with E-state index in [0.29, 0.717) is 12.1 Å². The smallest absolute Gasteiger partial charge is 0.317 e. The highest BCUT2D eigenvalue weighted by Gasteiger charge is 2.47. The summed E-state index contributed by atoms with van der Waals surface area (Å²) in [5.41, 5.74) is 3.31. The Morgan fingerprint density at radius 1 is 1.08 bits per heavy atom. The fraction of sp³-hybridized carbons (Fsp3) is 0.667. The summed E-state index contributed by atoms with van der Waals surface area (Å²) in [6.45, 7) is 5.52. The maximum atomic E-state index is 12.4. The first kappa shape index (κ1) is 16.6. The number of hydrogen-bond donors (Lipinski definition) is 1. The molecule has 5 heteroatoms. The summed E-state index contributed by atoms with van der Waals surface area (Å²) >= 11 is 0. The maximum Gasteiger partial charge on any atom is 0.317 e. The quantitative estimate of drug-likeness (QED) is 0.887. The molecule has 2 aliphatic carbocycles. The summed E-state index contributed by atoms with van der Waals surface area (Å²) < 4.78 is 5.57. The molecule has 0 unspecified atom stereocenters. The minimum atomic E-state index is 0.151. The third-order valence-electron chi connectivity index (χ3n) is 6.87. The summed E-state index contributed by atoms with van der Waals surface area (Å²) in [7, 11) is 0. The lowest BCUT2D eigenvalue weighted by Gasteiger charge is -2.41. The third-order valence-corrected chi connectivity index (χ3v) is 6.87. The molecular weight excluding hydrogens is 326 g/mol. The van der Waals surface area contributed by atoms with E-state index in [1.54, 1.807) is 5.56 Å². The highest BCUT2D eigenvalue weighted by molar-refractivity contribution is 5.75. The summed E-state index contributed by atoms with van der Waals surface area (Å²) in [5.74, 6) is 0. The lowest BCUT2D eigenvalue weighted by Crippen LogP contribution is -2.49. The maximum absolute atomic E-state index is 12.4. The second-order valence-corrected chi connectivity index (χ2v) is 8.45. The van der Waals surface area contributed by atoms with Gasteiger partial charge in [0.25, 0.3) is 0 Å². The Morgan fingerprint density at radius 2 is 1.81 bits per heavy atom. The number of ether oxygens (including phenoxy) is 1. The lowest BCUT2D eigenvalue weighted by molar-refractivity contribution is 0.0110. The molecule has 1 atom stereocenters. The van der Waals surface area contributed by atoms with Crippen molar-refractivity contribution in [3.63, 3.8) is 0 Å². The molecule has 26 heavy (non-hydrogen) atoms. The van der Waals surface area contributed by atoms with E-state index < -0.39 is 0 Å². The van der Waals surface area contributed by atoms with Crippen molar-refractivity contribution >= 4 is 6.03 Å². The van der Waals surface area contributed by atoms with Crippen molar-refractivity contribution in [1.29, 1.82) is 0 Å². The molecule has 0 aromatic heterocycles. The Morgan fingerprint density at radius 3 is 2.54 bits per heavy atom. The molecule has 2 heterocycles. The van der Waals surface area contributed by atoms with Crippen LogP contribution in [0.5, 0.6) is 0 Å². The van der Waals surface area contributed by atoms with Crippen LogP contribution in [0.25, 0.3) is 0 Å². The van der Waals surface area contributed by atoms with Crippen LogP contribution in [0.1, 0.15) is 49.3 Å². The van der Waals surface area contributed by atoms with Gasteiger partial charge >= 0.3 is 6.03 Å². The molecule has 3 fully saturated rings.